The minimum absolute atomic E-state index is 0.119. The van der Waals surface area contributed by atoms with E-state index < -0.39 is 5.97 Å². The van der Waals surface area contributed by atoms with Crippen molar-refractivity contribution in [2.24, 2.45) is 0 Å². The molecule has 0 saturated heterocycles. The number of ether oxygens (including phenoxy) is 3. The van der Waals surface area contributed by atoms with E-state index in [1.165, 1.54) is 0 Å². The molecule has 0 saturated carbocycles. The largest absolute Gasteiger partial charge is 0.497 e. The van der Waals surface area contributed by atoms with Crippen molar-refractivity contribution >= 4 is 5.97 Å². The summed E-state index contributed by atoms with van der Waals surface area (Å²) in [6.45, 7) is 3.68. The predicted octanol–water partition coefficient (Wildman–Crippen LogP) is 3.48. The lowest BCUT2D eigenvalue weighted by Crippen LogP contribution is -2.15. The molecule has 1 aromatic heterocycles. The van der Waals surface area contributed by atoms with Gasteiger partial charge in [-0.2, -0.15) is 4.98 Å². The summed E-state index contributed by atoms with van der Waals surface area (Å²) >= 11 is 0. The first-order valence-corrected chi connectivity index (χ1v) is 8.38. The molecular weight excluding hydrogens is 348 g/mol. The van der Waals surface area contributed by atoms with Crippen LogP contribution < -0.4 is 9.47 Å². The Morgan fingerprint density at radius 3 is 2.70 bits per heavy atom. The Morgan fingerprint density at radius 2 is 1.93 bits per heavy atom. The van der Waals surface area contributed by atoms with Crippen molar-refractivity contribution in [1.82, 2.24) is 10.1 Å². The zero-order chi connectivity index (χ0) is 19.2. The topological polar surface area (TPSA) is 83.7 Å². The average Bonchev–Trinajstić information content (AvgIpc) is 3.16. The summed E-state index contributed by atoms with van der Waals surface area (Å²) in [5.41, 5.74) is 3.00. The molecule has 7 heteroatoms. The number of aryl methyl sites for hydroxylation is 2. The van der Waals surface area contributed by atoms with E-state index in [2.05, 4.69) is 10.1 Å². The fraction of sp³-hybridized carbons (Fsp3) is 0.250. The lowest BCUT2D eigenvalue weighted by atomic mass is 10.1. The van der Waals surface area contributed by atoms with E-state index in [0.29, 0.717) is 17.3 Å². The van der Waals surface area contributed by atoms with Gasteiger partial charge < -0.3 is 18.7 Å². The second kappa shape index (κ2) is 8.35. The van der Waals surface area contributed by atoms with Crippen molar-refractivity contribution in [2.45, 2.75) is 20.5 Å². The number of esters is 1. The number of hydrogen-bond donors (Lipinski definition) is 0. The summed E-state index contributed by atoms with van der Waals surface area (Å²) in [5.74, 6) is 1.38. The van der Waals surface area contributed by atoms with Gasteiger partial charge in [-0.25, -0.2) is 4.79 Å². The van der Waals surface area contributed by atoms with E-state index in [1.54, 1.807) is 13.2 Å². The molecule has 1 heterocycles. The molecule has 0 amide bonds. The minimum Gasteiger partial charge on any atom is -0.497 e. The molecule has 3 rings (SSSR count). The molecule has 0 bridgehead atoms. The molecule has 0 aliphatic heterocycles. The van der Waals surface area contributed by atoms with E-state index in [0.717, 1.165) is 16.7 Å². The van der Waals surface area contributed by atoms with Crippen LogP contribution in [-0.4, -0.2) is 29.8 Å². The third-order valence-electron chi connectivity index (χ3n) is 3.99. The third-order valence-corrected chi connectivity index (χ3v) is 3.99. The van der Waals surface area contributed by atoms with Gasteiger partial charge in [0.15, 0.2) is 13.2 Å². The molecule has 0 unspecified atom stereocenters. The molecule has 0 aliphatic carbocycles. The van der Waals surface area contributed by atoms with Crippen molar-refractivity contribution in [2.75, 3.05) is 13.7 Å². The van der Waals surface area contributed by atoms with Gasteiger partial charge in [-0.05, 0) is 49.2 Å². The summed E-state index contributed by atoms with van der Waals surface area (Å²) in [4.78, 5) is 16.1. The van der Waals surface area contributed by atoms with E-state index in [-0.39, 0.29) is 19.1 Å². The molecule has 0 spiro atoms. The molecule has 2 aromatic carbocycles. The normalized spacial score (nSPS) is 10.5. The SMILES string of the molecule is COc1cccc(-c2noc(COC(=O)COc3ccc(C)c(C)c3)n2)c1. The fourth-order valence-electron chi connectivity index (χ4n) is 2.32. The number of nitrogens with zero attached hydrogens (tertiary/aromatic N) is 2. The summed E-state index contributed by atoms with van der Waals surface area (Å²) < 4.78 is 20.8. The number of carbonyl (C=O) groups is 1. The number of carbonyl (C=O) groups excluding carboxylic acids is 1. The van der Waals surface area contributed by atoms with Crippen LogP contribution in [0.5, 0.6) is 11.5 Å². The van der Waals surface area contributed by atoms with Crippen LogP contribution in [0.3, 0.4) is 0 Å². The van der Waals surface area contributed by atoms with Crippen LogP contribution in [0.1, 0.15) is 17.0 Å². The maximum Gasteiger partial charge on any atom is 0.344 e. The van der Waals surface area contributed by atoms with Crippen molar-refractivity contribution in [3.8, 4) is 22.9 Å². The Balaban J connectivity index is 1.51. The summed E-state index contributed by atoms with van der Waals surface area (Å²) in [6.07, 6.45) is 0. The minimum atomic E-state index is -0.519. The number of benzene rings is 2. The van der Waals surface area contributed by atoms with Gasteiger partial charge >= 0.3 is 5.97 Å². The predicted molar refractivity (Wildman–Crippen MR) is 97.5 cm³/mol. The number of hydrogen-bond acceptors (Lipinski definition) is 7. The third kappa shape index (κ3) is 4.84. The lowest BCUT2D eigenvalue weighted by Gasteiger charge is -2.07. The quantitative estimate of drug-likeness (QED) is 0.590. The maximum atomic E-state index is 11.8. The summed E-state index contributed by atoms with van der Waals surface area (Å²) in [7, 11) is 1.58. The van der Waals surface area contributed by atoms with Gasteiger partial charge in [-0.1, -0.05) is 23.4 Å². The molecule has 27 heavy (non-hydrogen) atoms. The average molecular weight is 368 g/mol. The van der Waals surface area contributed by atoms with Gasteiger partial charge in [-0.15, -0.1) is 0 Å². The van der Waals surface area contributed by atoms with Crippen molar-refractivity contribution in [3.63, 3.8) is 0 Å². The van der Waals surface area contributed by atoms with Gasteiger partial charge in [0.25, 0.3) is 5.89 Å². The van der Waals surface area contributed by atoms with E-state index in [4.69, 9.17) is 18.7 Å². The lowest BCUT2D eigenvalue weighted by molar-refractivity contribution is -0.148. The fourth-order valence-corrected chi connectivity index (χ4v) is 2.32. The smallest absolute Gasteiger partial charge is 0.344 e. The first kappa shape index (κ1) is 18.4. The molecule has 0 fully saturated rings. The highest BCUT2D eigenvalue weighted by Gasteiger charge is 2.12. The highest BCUT2D eigenvalue weighted by molar-refractivity contribution is 5.71. The van der Waals surface area contributed by atoms with Gasteiger partial charge in [0.2, 0.25) is 5.82 Å². The highest BCUT2D eigenvalue weighted by Crippen LogP contribution is 2.21. The van der Waals surface area contributed by atoms with Gasteiger partial charge in [0.05, 0.1) is 7.11 Å². The Morgan fingerprint density at radius 1 is 1.07 bits per heavy atom. The zero-order valence-corrected chi connectivity index (χ0v) is 15.4. The maximum absolute atomic E-state index is 11.8. The first-order valence-electron chi connectivity index (χ1n) is 8.38. The van der Waals surface area contributed by atoms with Crippen molar-refractivity contribution < 1.29 is 23.5 Å². The van der Waals surface area contributed by atoms with Crippen LogP contribution >= 0.6 is 0 Å². The molecule has 0 N–H and O–H groups in total. The molecule has 0 aliphatic rings. The highest BCUT2D eigenvalue weighted by atomic mass is 16.6. The standard InChI is InChI=1S/C20H20N2O5/c1-13-7-8-17(9-14(13)2)25-12-19(23)26-11-18-21-20(22-27-18)15-5-4-6-16(10-15)24-3/h4-10H,11-12H2,1-3H3. The molecule has 140 valence electrons. The van der Waals surface area contributed by atoms with Crippen LogP contribution in [0.25, 0.3) is 11.4 Å². The summed E-state index contributed by atoms with van der Waals surface area (Å²) in [5, 5.41) is 3.89. The van der Waals surface area contributed by atoms with Crippen molar-refractivity contribution in [3.05, 3.63) is 59.5 Å². The van der Waals surface area contributed by atoms with E-state index in [9.17, 15) is 4.79 Å². The molecule has 0 radical (unpaired) electrons. The Kier molecular flexibility index (Phi) is 5.71. The molecule has 7 nitrogen and oxygen atoms in total. The Labute approximate surface area is 156 Å². The molecule has 0 atom stereocenters. The molecule has 3 aromatic rings. The van der Waals surface area contributed by atoms with Crippen LogP contribution in [-0.2, 0) is 16.1 Å². The van der Waals surface area contributed by atoms with E-state index >= 15 is 0 Å². The number of rotatable bonds is 7. The van der Waals surface area contributed by atoms with E-state index in [1.807, 2.05) is 50.2 Å². The van der Waals surface area contributed by atoms with Crippen LogP contribution in [0.2, 0.25) is 0 Å². The Bertz CT molecular complexity index is 936. The van der Waals surface area contributed by atoms with Gasteiger partial charge in [0.1, 0.15) is 11.5 Å². The Hall–Kier alpha value is -3.35. The van der Waals surface area contributed by atoms with Crippen LogP contribution in [0.4, 0.5) is 0 Å². The zero-order valence-electron chi connectivity index (χ0n) is 15.4. The van der Waals surface area contributed by atoms with Gasteiger partial charge in [-0.3, -0.25) is 0 Å². The number of aromatic nitrogens is 2. The summed E-state index contributed by atoms with van der Waals surface area (Å²) in [6, 6.07) is 12.9. The first-order chi connectivity index (χ1) is 13.0. The van der Waals surface area contributed by atoms with Crippen LogP contribution in [0.15, 0.2) is 47.0 Å². The second-order valence-corrected chi connectivity index (χ2v) is 5.94. The molecular formula is C20H20N2O5. The van der Waals surface area contributed by atoms with Crippen molar-refractivity contribution in [1.29, 1.82) is 0 Å². The monoisotopic (exact) mass is 368 g/mol. The van der Waals surface area contributed by atoms with Gasteiger partial charge in [0, 0.05) is 5.56 Å². The number of methoxy groups -OCH3 is 1. The second-order valence-electron chi connectivity index (χ2n) is 5.94. The van der Waals surface area contributed by atoms with Crippen LogP contribution in [0, 0.1) is 13.8 Å².